The average molecular weight is 716 g/mol. The van der Waals surface area contributed by atoms with Crippen LogP contribution in [0.25, 0.3) is 6.08 Å². The zero-order chi connectivity index (χ0) is 30.5. The number of amides is 3. The standard InChI is InChI=1S/C33H28Br2N6O3/c1-19-5-15-25(16-6-19)40-32(43)29-31(33(40)44)39(38-36-29)18-27(42)41-30(21-9-13-24(35)14-10-21)26-4-2-3-22(28(26)37-41)17-20-7-11-23(34)12-8-20/h5-17,26,29-31H,2-4,18H2,1H3/b22-17+/t26-,29-,30-,31+/m1/s1. The molecular weight excluding hydrogens is 688 g/mol. The van der Waals surface area contributed by atoms with Gasteiger partial charge in [-0.15, -0.1) is 0 Å². The molecule has 0 aromatic heterocycles. The van der Waals surface area contributed by atoms with E-state index in [0.29, 0.717) is 5.69 Å². The molecule has 44 heavy (non-hydrogen) atoms. The fourth-order valence-corrected chi connectivity index (χ4v) is 7.00. The normalized spacial score (nSPS) is 25.1. The zero-order valence-corrected chi connectivity index (χ0v) is 27.0. The number of nitrogens with zero attached hydrogens (tertiary/aromatic N) is 6. The number of carbonyl (C=O) groups excluding carboxylic acids is 3. The number of hydrogen-bond acceptors (Lipinski definition) is 7. The molecule has 3 heterocycles. The quantitative estimate of drug-likeness (QED) is 0.277. The fraction of sp³-hybridized carbons (Fsp3) is 0.273. The highest BCUT2D eigenvalue weighted by molar-refractivity contribution is 9.10. The van der Waals surface area contributed by atoms with Gasteiger partial charge in [-0.05, 0) is 85.4 Å². The van der Waals surface area contributed by atoms with E-state index in [9.17, 15) is 14.4 Å². The summed E-state index contributed by atoms with van der Waals surface area (Å²) in [6, 6.07) is 21.0. The fourth-order valence-electron chi connectivity index (χ4n) is 6.47. The van der Waals surface area contributed by atoms with E-state index in [1.807, 2.05) is 55.5 Å². The minimum atomic E-state index is -0.980. The molecular formula is C33H28Br2N6O3. The lowest BCUT2D eigenvalue weighted by molar-refractivity contribution is -0.136. The van der Waals surface area contributed by atoms with Gasteiger partial charge in [0.15, 0.2) is 12.1 Å². The van der Waals surface area contributed by atoms with Gasteiger partial charge < -0.3 is 0 Å². The molecule has 11 heteroatoms. The predicted octanol–water partition coefficient (Wildman–Crippen LogP) is 6.64. The smallest absolute Gasteiger partial charge is 0.264 e. The summed E-state index contributed by atoms with van der Waals surface area (Å²) in [5.41, 5.74) is 5.59. The van der Waals surface area contributed by atoms with Crippen LogP contribution in [0.2, 0.25) is 0 Å². The Morgan fingerprint density at radius 1 is 0.909 bits per heavy atom. The van der Waals surface area contributed by atoms with Crippen molar-refractivity contribution < 1.29 is 14.4 Å². The maximum absolute atomic E-state index is 14.1. The summed E-state index contributed by atoms with van der Waals surface area (Å²) in [5, 5.41) is 16.1. The number of hydrazone groups is 1. The maximum atomic E-state index is 14.1. The van der Waals surface area contributed by atoms with E-state index in [0.717, 1.165) is 61.1 Å². The highest BCUT2D eigenvalue weighted by Crippen LogP contribution is 2.45. The lowest BCUT2D eigenvalue weighted by atomic mass is 9.77. The topological polar surface area (TPSA) is 98.0 Å². The van der Waals surface area contributed by atoms with Gasteiger partial charge in [-0.25, -0.2) is 9.91 Å². The Morgan fingerprint density at radius 2 is 1.59 bits per heavy atom. The third kappa shape index (κ3) is 5.11. The van der Waals surface area contributed by atoms with Crippen molar-refractivity contribution in [1.29, 1.82) is 0 Å². The van der Waals surface area contributed by atoms with Gasteiger partial charge in [0.25, 0.3) is 17.7 Å². The van der Waals surface area contributed by atoms with Gasteiger partial charge in [0.2, 0.25) is 0 Å². The Morgan fingerprint density at radius 3 is 2.30 bits per heavy atom. The molecule has 7 rings (SSSR count). The van der Waals surface area contributed by atoms with E-state index >= 15 is 0 Å². The Labute approximate surface area is 271 Å². The SMILES string of the molecule is Cc1ccc(N2C(=O)[C@@H]3[C@@H](N=NN3CC(=O)N3N=C4/C(=C/c5ccc(Br)cc5)CCC[C@H]4[C@H]3c3ccc(Br)cc3)C2=O)cc1. The van der Waals surface area contributed by atoms with E-state index in [1.165, 1.54) is 5.01 Å². The van der Waals surface area contributed by atoms with Crippen LogP contribution in [0.1, 0.15) is 42.0 Å². The number of imide groups is 1. The minimum absolute atomic E-state index is 0.0234. The van der Waals surface area contributed by atoms with Gasteiger partial charge in [-0.2, -0.15) is 10.2 Å². The molecule has 222 valence electrons. The molecule has 3 aliphatic heterocycles. The zero-order valence-electron chi connectivity index (χ0n) is 23.8. The highest BCUT2D eigenvalue weighted by atomic mass is 79.9. The van der Waals surface area contributed by atoms with Crippen molar-refractivity contribution in [2.75, 3.05) is 11.4 Å². The van der Waals surface area contributed by atoms with Crippen molar-refractivity contribution in [3.8, 4) is 0 Å². The predicted molar refractivity (Wildman–Crippen MR) is 173 cm³/mol. The van der Waals surface area contributed by atoms with Crippen molar-refractivity contribution in [2.45, 2.75) is 44.3 Å². The largest absolute Gasteiger partial charge is 0.271 e. The van der Waals surface area contributed by atoms with Crippen molar-refractivity contribution in [3.63, 3.8) is 0 Å². The van der Waals surface area contributed by atoms with Gasteiger partial charge in [-0.3, -0.25) is 19.4 Å². The Balaban J connectivity index is 1.18. The summed E-state index contributed by atoms with van der Waals surface area (Å²) in [5.74, 6) is -1.16. The van der Waals surface area contributed by atoms with Crippen LogP contribution in [0.5, 0.6) is 0 Å². The number of allylic oxidation sites excluding steroid dienone is 1. The number of fused-ring (bicyclic) bond motifs is 2. The van der Waals surface area contributed by atoms with Crippen LogP contribution in [0, 0.1) is 12.8 Å². The lowest BCUT2D eigenvalue weighted by Gasteiger charge is -2.30. The Hall–Kier alpha value is -3.96. The first-order chi connectivity index (χ1) is 21.3. The summed E-state index contributed by atoms with van der Waals surface area (Å²) in [6.45, 7) is 1.71. The summed E-state index contributed by atoms with van der Waals surface area (Å²) in [6.07, 6.45) is 4.91. The van der Waals surface area contributed by atoms with E-state index in [-0.39, 0.29) is 24.4 Å². The van der Waals surface area contributed by atoms with Gasteiger partial charge in [0.05, 0.1) is 17.4 Å². The van der Waals surface area contributed by atoms with Crippen LogP contribution in [-0.4, -0.2) is 52.1 Å². The van der Waals surface area contributed by atoms with Gasteiger partial charge in [0.1, 0.15) is 6.54 Å². The number of carbonyl (C=O) groups is 3. The van der Waals surface area contributed by atoms with Crippen molar-refractivity contribution in [3.05, 3.63) is 104 Å². The number of hydrogen-bond donors (Lipinski definition) is 0. The first-order valence-corrected chi connectivity index (χ1v) is 16.1. The summed E-state index contributed by atoms with van der Waals surface area (Å²) in [7, 11) is 0. The second-order valence-corrected chi connectivity index (χ2v) is 13.3. The van der Waals surface area contributed by atoms with E-state index in [2.05, 4.69) is 60.4 Å². The molecule has 4 atom stereocenters. The summed E-state index contributed by atoms with van der Waals surface area (Å²) in [4.78, 5) is 42.0. The van der Waals surface area contributed by atoms with Gasteiger partial charge in [0, 0.05) is 14.9 Å². The third-order valence-electron chi connectivity index (χ3n) is 8.63. The molecule has 0 radical (unpaired) electrons. The summed E-state index contributed by atoms with van der Waals surface area (Å²) >= 11 is 7.03. The Kier molecular flexibility index (Phi) is 7.54. The average Bonchev–Trinajstić information content (AvgIpc) is 3.69. The van der Waals surface area contributed by atoms with E-state index in [4.69, 9.17) is 5.10 Å². The first kappa shape index (κ1) is 28.8. The molecule has 3 aromatic rings. The minimum Gasteiger partial charge on any atom is -0.271 e. The molecule has 2 fully saturated rings. The summed E-state index contributed by atoms with van der Waals surface area (Å²) < 4.78 is 1.96. The molecule has 0 bridgehead atoms. The van der Waals surface area contributed by atoms with Gasteiger partial charge in [-0.1, -0.05) is 79.0 Å². The molecule has 1 aliphatic carbocycles. The van der Waals surface area contributed by atoms with Crippen LogP contribution in [0.3, 0.4) is 0 Å². The molecule has 3 amide bonds. The molecule has 9 nitrogen and oxygen atoms in total. The van der Waals surface area contributed by atoms with Crippen molar-refractivity contribution in [1.82, 2.24) is 10.0 Å². The van der Waals surface area contributed by atoms with Crippen LogP contribution >= 0.6 is 31.9 Å². The second-order valence-electron chi connectivity index (χ2n) is 11.5. The number of benzene rings is 3. The monoisotopic (exact) mass is 714 g/mol. The maximum Gasteiger partial charge on any atom is 0.264 e. The number of anilines is 1. The molecule has 0 unspecified atom stereocenters. The van der Waals surface area contributed by atoms with Crippen molar-refractivity contribution >= 4 is 67.1 Å². The van der Waals surface area contributed by atoms with Crippen LogP contribution < -0.4 is 4.90 Å². The number of aryl methyl sites for hydroxylation is 1. The van der Waals surface area contributed by atoms with Gasteiger partial charge >= 0.3 is 0 Å². The first-order valence-electron chi connectivity index (χ1n) is 14.5. The third-order valence-corrected chi connectivity index (χ3v) is 9.68. The van der Waals surface area contributed by atoms with Crippen LogP contribution in [-0.2, 0) is 14.4 Å². The van der Waals surface area contributed by atoms with Crippen LogP contribution in [0.15, 0.2) is 103 Å². The molecule has 4 aliphatic rings. The molecule has 1 saturated carbocycles. The van der Waals surface area contributed by atoms with E-state index < -0.39 is 23.9 Å². The van der Waals surface area contributed by atoms with Crippen molar-refractivity contribution in [2.24, 2.45) is 21.4 Å². The number of rotatable bonds is 5. The molecule has 0 N–H and O–H groups in total. The second kappa shape index (κ2) is 11.5. The lowest BCUT2D eigenvalue weighted by Crippen LogP contribution is -2.45. The van der Waals surface area contributed by atoms with Crippen LogP contribution in [0.4, 0.5) is 5.69 Å². The van der Waals surface area contributed by atoms with E-state index in [1.54, 1.807) is 17.1 Å². The Bertz CT molecular complexity index is 1740. The number of halogens is 2. The highest BCUT2D eigenvalue weighted by Gasteiger charge is 2.55. The molecule has 1 saturated heterocycles. The molecule has 0 spiro atoms. The molecule has 3 aromatic carbocycles.